The average Bonchev–Trinajstić information content (AvgIpc) is 3.40. The molecule has 8 nitrogen and oxygen atoms in total. The summed E-state index contributed by atoms with van der Waals surface area (Å²) in [5.41, 5.74) is 7.69. The highest BCUT2D eigenvalue weighted by atomic mass is 32.1. The van der Waals surface area contributed by atoms with Gasteiger partial charge in [-0.2, -0.15) is 0 Å². The molecule has 0 radical (unpaired) electrons. The van der Waals surface area contributed by atoms with Crippen LogP contribution in [0.3, 0.4) is 0 Å². The third kappa shape index (κ3) is 5.40. The molecule has 1 aliphatic rings. The van der Waals surface area contributed by atoms with E-state index >= 15 is 0 Å². The van der Waals surface area contributed by atoms with Gasteiger partial charge in [-0.3, -0.25) is 10.1 Å². The Labute approximate surface area is 254 Å². The van der Waals surface area contributed by atoms with Gasteiger partial charge in [-0.25, -0.2) is 15.0 Å². The number of carbonyl (C=O) groups excluding carboxylic acids is 1. The van der Waals surface area contributed by atoms with Gasteiger partial charge in [0.25, 0.3) is 5.91 Å². The molecule has 0 saturated heterocycles. The van der Waals surface area contributed by atoms with Crippen LogP contribution in [0.1, 0.15) is 89.0 Å². The molecule has 1 N–H and O–H groups in total. The van der Waals surface area contributed by atoms with Gasteiger partial charge in [0.1, 0.15) is 25.8 Å². The van der Waals surface area contributed by atoms with Crippen molar-refractivity contribution in [3.05, 3.63) is 40.5 Å². The van der Waals surface area contributed by atoms with E-state index in [-0.39, 0.29) is 17.3 Å². The lowest BCUT2D eigenvalue weighted by molar-refractivity contribution is 0.0582. The Kier molecular flexibility index (Phi) is 9.33. The number of rotatable bonds is 9. The summed E-state index contributed by atoms with van der Waals surface area (Å²) < 4.78 is 17.4. The molecule has 224 valence electrons. The number of amides is 1. The molecule has 0 spiro atoms. The van der Waals surface area contributed by atoms with Gasteiger partial charge in [-0.05, 0) is 47.7 Å². The Morgan fingerprint density at radius 3 is 2.14 bits per heavy atom. The van der Waals surface area contributed by atoms with E-state index in [1.165, 1.54) is 31.9 Å². The van der Waals surface area contributed by atoms with Crippen LogP contribution < -0.4 is 19.5 Å². The van der Waals surface area contributed by atoms with Gasteiger partial charge in [0.15, 0.2) is 10.7 Å². The van der Waals surface area contributed by atoms with E-state index in [0.29, 0.717) is 21.8 Å². The molecule has 0 aliphatic carbocycles. The molecule has 42 heavy (non-hydrogen) atoms. The van der Waals surface area contributed by atoms with Crippen LogP contribution in [0.4, 0.5) is 5.13 Å². The second-order valence-electron chi connectivity index (χ2n) is 11.6. The fourth-order valence-corrected chi connectivity index (χ4v) is 12.8. The highest BCUT2D eigenvalue weighted by molar-refractivity contribution is 7.16. The van der Waals surface area contributed by atoms with Crippen LogP contribution in [0.25, 0.3) is 11.3 Å². The SMILES string of the molecule is CCC1(CC)Oc2cc(C#C[Si](C(C)C)(C(C)C)C(C)C)ccc2-c2nc(NC(=O)c3c(OC)ncnc3OC)sc21. The number of methoxy groups -OCH3 is 2. The van der Waals surface area contributed by atoms with Crippen molar-refractivity contribution < 1.29 is 19.0 Å². The summed E-state index contributed by atoms with van der Waals surface area (Å²) in [5, 5.41) is 3.37. The first-order valence-corrected chi connectivity index (χ1v) is 17.6. The summed E-state index contributed by atoms with van der Waals surface area (Å²) in [6.07, 6.45) is 2.79. The fourth-order valence-electron chi connectivity index (χ4n) is 6.35. The molecule has 1 amide bonds. The molecule has 0 fully saturated rings. The third-order valence-electron chi connectivity index (χ3n) is 8.63. The number of aromatic nitrogens is 3. The van der Waals surface area contributed by atoms with Gasteiger partial charge in [-0.15, -0.1) is 5.54 Å². The summed E-state index contributed by atoms with van der Waals surface area (Å²) in [5.74, 6) is 4.11. The minimum atomic E-state index is -1.88. The number of ether oxygens (including phenoxy) is 3. The number of benzene rings is 1. The van der Waals surface area contributed by atoms with Crippen molar-refractivity contribution >= 4 is 30.4 Å². The minimum absolute atomic E-state index is 0.108. The van der Waals surface area contributed by atoms with E-state index in [4.69, 9.17) is 19.2 Å². The number of carbonyl (C=O) groups is 1. The zero-order valence-electron chi connectivity index (χ0n) is 26.3. The molecule has 10 heteroatoms. The Balaban J connectivity index is 1.76. The van der Waals surface area contributed by atoms with Gasteiger partial charge in [0.2, 0.25) is 11.8 Å². The molecule has 0 saturated carbocycles. The number of anilines is 1. The zero-order chi connectivity index (χ0) is 30.8. The van der Waals surface area contributed by atoms with Crippen molar-refractivity contribution in [3.8, 4) is 40.2 Å². The van der Waals surface area contributed by atoms with Crippen molar-refractivity contribution in [2.75, 3.05) is 19.5 Å². The molecule has 3 aromatic rings. The first kappa shape index (κ1) is 31.5. The molecule has 0 unspecified atom stereocenters. The Hall–Kier alpha value is -3.42. The van der Waals surface area contributed by atoms with E-state index in [0.717, 1.165) is 40.3 Å². The molecule has 0 bridgehead atoms. The van der Waals surface area contributed by atoms with Gasteiger partial charge in [0.05, 0.1) is 24.8 Å². The smallest absolute Gasteiger partial charge is 0.268 e. The summed E-state index contributed by atoms with van der Waals surface area (Å²) in [7, 11) is 1.01. The first-order valence-electron chi connectivity index (χ1n) is 14.6. The van der Waals surface area contributed by atoms with Crippen LogP contribution in [-0.2, 0) is 5.60 Å². The molecule has 1 aromatic carbocycles. The van der Waals surface area contributed by atoms with Gasteiger partial charge in [0, 0.05) is 11.1 Å². The second-order valence-corrected chi connectivity index (χ2v) is 18.2. The van der Waals surface area contributed by atoms with Gasteiger partial charge in [-0.1, -0.05) is 72.6 Å². The fraction of sp³-hybridized carbons (Fsp3) is 0.500. The van der Waals surface area contributed by atoms with E-state index in [9.17, 15) is 4.79 Å². The quantitative estimate of drug-likeness (QED) is 0.196. The maximum atomic E-state index is 13.3. The number of hydrogen-bond acceptors (Lipinski definition) is 8. The maximum Gasteiger partial charge on any atom is 0.268 e. The predicted octanol–water partition coefficient (Wildman–Crippen LogP) is 7.85. The van der Waals surface area contributed by atoms with Crippen molar-refractivity contribution in [1.82, 2.24) is 15.0 Å². The van der Waals surface area contributed by atoms with Crippen LogP contribution in [0.5, 0.6) is 17.5 Å². The van der Waals surface area contributed by atoms with Gasteiger partial charge >= 0.3 is 0 Å². The molecule has 4 rings (SSSR count). The monoisotopic (exact) mass is 606 g/mol. The summed E-state index contributed by atoms with van der Waals surface area (Å²) >= 11 is 1.42. The van der Waals surface area contributed by atoms with E-state index < -0.39 is 19.6 Å². The minimum Gasteiger partial charge on any atom is -0.481 e. The van der Waals surface area contributed by atoms with Crippen molar-refractivity contribution in [1.29, 1.82) is 0 Å². The topological polar surface area (TPSA) is 95.5 Å². The van der Waals surface area contributed by atoms with Gasteiger partial charge < -0.3 is 14.2 Å². The van der Waals surface area contributed by atoms with Crippen LogP contribution in [0, 0.1) is 11.5 Å². The van der Waals surface area contributed by atoms with Crippen LogP contribution in [0.15, 0.2) is 24.5 Å². The van der Waals surface area contributed by atoms with Crippen molar-refractivity contribution in [3.63, 3.8) is 0 Å². The Bertz CT molecular complexity index is 1470. The summed E-state index contributed by atoms with van der Waals surface area (Å²) in [4.78, 5) is 27.4. The lowest BCUT2D eigenvalue weighted by atomic mass is 9.89. The largest absolute Gasteiger partial charge is 0.481 e. The standard InChI is InChI=1S/C32H42N4O4SSi/c1-11-32(12-2)27-26(35-31(41-27)36-28(37)25-29(38-9)33-18-34-30(25)39-10)23-14-13-22(17-24(23)40-32)15-16-42(19(3)4,20(5)6)21(7)8/h13-14,17-21H,11-12H2,1-10H3,(H,35,36,37). The highest BCUT2D eigenvalue weighted by Crippen LogP contribution is 2.51. The molecule has 1 aliphatic heterocycles. The highest BCUT2D eigenvalue weighted by Gasteiger charge is 2.43. The lowest BCUT2D eigenvalue weighted by Crippen LogP contribution is -2.43. The normalized spacial score (nSPS) is 13.6. The van der Waals surface area contributed by atoms with Crippen LogP contribution in [0.2, 0.25) is 16.6 Å². The van der Waals surface area contributed by atoms with E-state index in [2.05, 4.69) is 94.3 Å². The van der Waals surface area contributed by atoms with Crippen LogP contribution in [-0.4, -0.2) is 43.2 Å². The molecule has 0 atom stereocenters. The zero-order valence-corrected chi connectivity index (χ0v) is 28.2. The number of nitrogens with zero attached hydrogens (tertiary/aromatic N) is 3. The molecular weight excluding hydrogens is 565 g/mol. The Morgan fingerprint density at radius 1 is 1.02 bits per heavy atom. The van der Waals surface area contributed by atoms with E-state index in [1.54, 1.807) is 0 Å². The summed E-state index contributed by atoms with van der Waals surface area (Å²) in [6.45, 7) is 18.2. The number of thiazole rings is 1. The first-order chi connectivity index (χ1) is 20.0. The third-order valence-corrected chi connectivity index (χ3v) is 16.1. The van der Waals surface area contributed by atoms with Crippen molar-refractivity contribution in [2.24, 2.45) is 0 Å². The molecule has 2 aromatic heterocycles. The van der Waals surface area contributed by atoms with Crippen molar-refractivity contribution in [2.45, 2.75) is 90.5 Å². The van der Waals surface area contributed by atoms with E-state index in [1.807, 2.05) is 6.07 Å². The number of hydrogen-bond donors (Lipinski definition) is 1. The predicted molar refractivity (Wildman–Crippen MR) is 171 cm³/mol. The Morgan fingerprint density at radius 2 is 1.62 bits per heavy atom. The molecule has 3 heterocycles. The number of fused-ring (bicyclic) bond motifs is 3. The summed E-state index contributed by atoms with van der Waals surface area (Å²) in [6, 6.07) is 6.15. The second kappa shape index (κ2) is 12.4. The van der Waals surface area contributed by atoms with Crippen LogP contribution >= 0.6 is 11.3 Å². The average molecular weight is 607 g/mol. The lowest BCUT2D eigenvalue weighted by Gasteiger charge is -2.38. The number of nitrogens with one attached hydrogen (secondary N) is 1. The molecular formula is C32H42N4O4SSi. The maximum absolute atomic E-state index is 13.3.